The molecule has 6 nitrogen and oxygen atoms in total. The summed E-state index contributed by atoms with van der Waals surface area (Å²) in [6.45, 7) is 6.13. The molecular weight excluding hydrogens is 314 g/mol. The molecule has 2 aliphatic heterocycles. The number of aliphatic hydroxyl groups is 1. The summed E-state index contributed by atoms with van der Waals surface area (Å²) >= 11 is 0. The van der Waals surface area contributed by atoms with Gasteiger partial charge < -0.3 is 14.9 Å². The first kappa shape index (κ1) is 16.3. The lowest BCUT2D eigenvalue weighted by atomic mass is 9.94. The summed E-state index contributed by atoms with van der Waals surface area (Å²) in [6.07, 6.45) is 7.55. The van der Waals surface area contributed by atoms with Crippen LogP contribution in [-0.4, -0.2) is 52.8 Å². The molecule has 25 heavy (non-hydrogen) atoms. The van der Waals surface area contributed by atoms with Crippen LogP contribution in [0.3, 0.4) is 0 Å². The number of aromatic nitrogens is 3. The number of piperidine rings is 1. The average molecular weight is 339 g/mol. The fourth-order valence-corrected chi connectivity index (χ4v) is 3.69. The van der Waals surface area contributed by atoms with Gasteiger partial charge in [0.05, 0.1) is 5.69 Å². The highest BCUT2D eigenvalue weighted by atomic mass is 16.3. The minimum absolute atomic E-state index is 0.294. The molecule has 0 spiro atoms. The number of aliphatic hydroxyl groups excluding tert-OH is 1. The maximum Gasteiger partial charge on any atom is 0.150 e. The Morgan fingerprint density at radius 2 is 1.80 bits per heavy atom. The zero-order chi connectivity index (χ0) is 17.2. The number of rotatable bonds is 4. The first-order valence-corrected chi connectivity index (χ1v) is 9.09. The molecular formula is C19H25N5O. The molecule has 0 radical (unpaired) electrons. The van der Waals surface area contributed by atoms with Gasteiger partial charge in [0.15, 0.2) is 5.82 Å². The van der Waals surface area contributed by atoms with Gasteiger partial charge in [0.2, 0.25) is 0 Å². The highest BCUT2D eigenvalue weighted by molar-refractivity contribution is 5.51. The molecule has 2 aliphatic rings. The Kier molecular flexibility index (Phi) is 4.53. The maximum absolute atomic E-state index is 9.33. The first-order valence-electron chi connectivity index (χ1n) is 9.09. The molecule has 2 aromatic rings. The van der Waals surface area contributed by atoms with E-state index in [2.05, 4.69) is 43.8 Å². The molecule has 0 saturated carbocycles. The third-order valence-electron chi connectivity index (χ3n) is 5.37. The monoisotopic (exact) mass is 339 g/mol. The number of aryl methyl sites for hydroxylation is 1. The summed E-state index contributed by atoms with van der Waals surface area (Å²) in [5.41, 5.74) is 2.29. The van der Waals surface area contributed by atoms with Crippen molar-refractivity contribution in [1.82, 2.24) is 15.0 Å². The van der Waals surface area contributed by atoms with Crippen LogP contribution in [0, 0.1) is 12.8 Å². The summed E-state index contributed by atoms with van der Waals surface area (Å²) in [4.78, 5) is 18.4. The molecule has 0 amide bonds. The van der Waals surface area contributed by atoms with Gasteiger partial charge in [-0.3, -0.25) is 4.98 Å². The molecule has 0 aromatic carbocycles. The van der Waals surface area contributed by atoms with Crippen LogP contribution in [0.1, 0.15) is 30.0 Å². The molecule has 0 aliphatic carbocycles. The van der Waals surface area contributed by atoms with Gasteiger partial charge in [0, 0.05) is 57.3 Å². The normalized spacial score (nSPS) is 19.1. The van der Waals surface area contributed by atoms with E-state index < -0.39 is 0 Å². The summed E-state index contributed by atoms with van der Waals surface area (Å²) in [7, 11) is 0. The van der Waals surface area contributed by atoms with Gasteiger partial charge in [0.25, 0.3) is 0 Å². The van der Waals surface area contributed by atoms with Gasteiger partial charge in [-0.1, -0.05) is 6.07 Å². The van der Waals surface area contributed by atoms with Crippen LogP contribution in [0.15, 0.2) is 30.7 Å². The van der Waals surface area contributed by atoms with Crippen molar-refractivity contribution >= 4 is 11.6 Å². The SMILES string of the molecule is Cc1ccc(N2CC(c3nccnc3N3CCC(CO)CC3)C2)nc1. The maximum atomic E-state index is 9.33. The third kappa shape index (κ3) is 3.31. The average Bonchev–Trinajstić information content (AvgIpc) is 2.63. The van der Waals surface area contributed by atoms with Crippen molar-refractivity contribution in [3.8, 4) is 0 Å². The molecule has 2 aromatic heterocycles. The van der Waals surface area contributed by atoms with Crippen molar-refractivity contribution in [2.45, 2.75) is 25.7 Å². The van der Waals surface area contributed by atoms with Gasteiger partial charge in [-0.25, -0.2) is 9.97 Å². The largest absolute Gasteiger partial charge is 0.396 e. The molecule has 2 saturated heterocycles. The molecule has 4 rings (SSSR count). The Bertz CT molecular complexity index is 706. The molecule has 6 heteroatoms. The Labute approximate surface area is 148 Å². The summed E-state index contributed by atoms with van der Waals surface area (Å²) < 4.78 is 0. The number of hydrogen-bond donors (Lipinski definition) is 1. The summed E-state index contributed by atoms with van der Waals surface area (Å²) in [5.74, 6) is 2.90. The second-order valence-electron chi connectivity index (χ2n) is 7.17. The Balaban J connectivity index is 1.45. The van der Waals surface area contributed by atoms with Crippen molar-refractivity contribution in [3.05, 3.63) is 42.0 Å². The van der Waals surface area contributed by atoms with Crippen molar-refractivity contribution in [3.63, 3.8) is 0 Å². The Morgan fingerprint density at radius 3 is 2.48 bits per heavy atom. The van der Waals surface area contributed by atoms with Gasteiger partial charge in [0.1, 0.15) is 5.82 Å². The molecule has 2 fully saturated rings. The van der Waals surface area contributed by atoms with Gasteiger partial charge in [-0.2, -0.15) is 0 Å². The second-order valence-corrected chi connectivity index (χ2v) is 7.17. The second kappa shape index (κ2) is 6.96. The topological polar surface area (TPSA) is 65.4 Å². The van der Waals surface area contributed by atoms with E-state index >= 15 is 0 Å². The molecule has 0 unspecified atom stereocenters. The number of anilines is 2. The van der Waals surface area contributed by atoms with Crippen LogP contribution < -0.4 is 9.80 Å². The van der Waals surface area contributed by atoms with E-state index in [4.69, 9.17) is 0 Å². The van der Waals surface area contributed by atoms with Crippen LogP contribution in [-0.2, 0) is 0 Å². The smallest absolute Gasteiger partial charge is 0.150 e. The number of nitrogens with zero attached hydrogens (tertiary/aromatic N) is 5. The molecule has 1 N–H and O–H groups in total. The highest BCUT2D eigenvalue weighted by Crippen LogP contribution is 2.34. The van der Waals surface area contributed by atoms with Crippen LogP contribution in [0.2, 0.25) is 0 Å². The van der Waals surface area contributed by atoms with Gasteiger partial charge >= 0.3 is 0 Å². The van der Waals surface area contributed by atoms with Crippen molar-refractivity contribution in [2.24, 2.45) is 5.92 Å². The van der Waals surface area contributed by atoms with Crippen LogP contribution in [0.25, 0.3) is 0 Å². The zero-order valence-electron chi connectivity index (χ0n) is 14.7. The summed E-state index contributed by atoms with van der Waals surface area (Å²) in [6, 6.07) is 4.19. The predicted octanol–water partition coefficient (Wildman–Crippen LogP) is 1.99. The number of pyridine rings is 1. The van der Waals surface area contributed by atoms with Crippen LogP contribution in [0.5, 0.6) is 0 Å². The van der Waals surface area contributed by atoms with E-state index in [0.29, 0.717) is 18.4 Å². The lowest BCUT2D eigenvalue weighted by molar-refractivity contribution is 0.202. The number of hydrogen-bond acceptors (Lipinski definition) is 6. The fourth-order valence-electron chi connectivity index (χ4n) is 3.69. The quantitative estimate of drug-likeness (QED) is 0.919. The highest BCUT2D eigenvalue weighted by Gasteiger charge is 2.34. The van der Waals surface area contributed by atoms with Crippen molar-refractivity contribution in [2.75, 3.05) is 42.6 Å². The predicted molar refractivity (Wildman–Crippen MR) is 98.0 cm³/mol. The van der Waals surface area contributed by atoms with Gasteiger partial charge in [-0.15, -0.1) is 0 Å². The molecule has 4 heterocycles. The van der Waals surface area contributed by atoms with E-state index in [-0.39, 0.29) is 0 Å². The van der Waals surface area contributed by atoms with E-state index in [0.717, 1.165) is 56.4 Å². The zero-order valence-corrected chi connectivity index (χ0v) is 14.7. The van der Waals surface area contributed by atoms with E-state index in [1.54, 1.807) is 12.4 Å². The fraction of sp³-hybridized carbons (Fsp3) is 0.526. The Hall–Kier alpha value is -2.21. The lowest BCUT2D eigenvalue weighted by Crippen LogP contribution is -2.47. The summed E-state index contributed by atoms with van der Waals surface area (Å²) in [5, 5.41) is 9.33. The van der Waals surface area contributed by atoms with Crippen molar-refractivity contribution in [1.29, 1.82) is 0 Å². The van der Waals surface area contributed by atoms with Gasteiger partial charge in [-0.05, 0) is 37.3 Å². The lowest BCUT2D eigenvalue weighted by Gasteiger charge is -2.41. The van der Waals surface area contributed by atoms with E-state index in [1.807, 2.05) is 6.20 Å². The Morgan fingerprint density at radius 1 is 1.04 bits per heavy atom. The molecule has 0 atom stereocenters. The molecule has 132 valence electrons. The van der Waals surface area contributed by atoms with Crippen molar-refractivity contribution < 1.29 is 5.11 Å². The van der Waals surface area contributed by atoms with Crippen LogP contribution in [0.4, 0.5) is 11.6 Å². The third-order valence-corrected chi connectivity index (χ3v) is 5.37. The van der Waals surface area contributed by atoms with E-state index in [9.17, 15) is 5.11 Å². The minimum Gasteiger partial charge on any atom is -0.396 e. The standard InChI is InChI=1S/C19H25N5O/c1-14-2-3-17(22-10-14)24-11-16(12-24)18-19(21-7-6-20-18)23-8-4-15(13-25)5-9-23/h2-3,6-7,10,15-16,25H,4-5,8-9,11-13H2,1H3. The van der Waals surface area contributed by atoms with E-state index in [1.165, 1.54) is 5.56 Å². The first-order chi connectivity index (χ1) is 12.2. The van der Waals surface area contributed by atoms with Crippen LogP contribution >= 0.6 is 0 Å². The molecule has 0 bridgehead atoms. The minimum atomic E-state index is 0.294.